The number of benzene rings is 2. The van der Waals surface area contributed by atoms with E-state index in [1.807, 2.05) is 49.4 Å². The Morgan fingerprint density at radius 1 is 1.25 bits per heavy atom. The van der Waals surface area contributed by atoms with Crippen molar-refractivity contribution in [2.24, 2.45) is 0 Å². The van der Waals surface area contributed by atoms with Crippen LogP contribution in [0.4, 0.5) is 5.69 Å². The number of ether oxygens (including phenoxy) is 1. The number of rotatable bonds is 8. The van der Waals surface area contributed by atoms with Gasteiger partial charge in [0.2, 0.25) is 5.89 Å². The number of aryl methyl sites for hydroxylation is 1. The van der Waals surface area contributed by atoms with Crippen molar-refractivity contribution >= 4 is 23.3 Å². The first-order valence-corrected chi connectivity index (χ1v) is 10.8. The number of halogens is 1. The van der Waals surface area contributed by atoms with Crippen molar-refractivity contribution in [1.82, 2.24) is 4.98 Å². The number of fused-ring (bicyclic) bond motifs is 1. The summed E-state index contributed by atoms with van der Waals surface area (Å²) in [6.07, 6.45) is 2.53. The second-order valence-corrected chi connectivity index (χ2v) is 8.03. The van der Waals surface area contributed by atoms with E-state index in [0.717, 1.165) is 53.4 Å². The Morgan fingerprint density at radius 2 is 2.03 bits per heavy atom. The van der Waals surface area contributed by atoms with Gasteiger partial charge in [0, 0.05) is 53.7 Å². The monoisotopic (exact) mass is 462 g/mol. The average Bonchev–Trinajstić information content (AvgIpc) is 3.13. The molecule has 0 saturated carbocycles. The molecule has 2 heterocycles. The molecule has 162 valence electrons. The molecular weight excluding hydrogens is 439 g/mol. The van der Waals surface area contributed by atoms with Crippen LogP contribution in [0.3, 0.4) is 0 Å². The first kappa shape index (κ1) is 24.6. The summed E-state index contributed by atoms with van der Waals surface area (Å²) < 4.78 is 11.9. The molecule has 0 radical (unpaired) electrons. The quantitative estimate of drug-likeness (QED) is 0.461. The molecule has 1 aromatic heterocycles. The van der Waals surface area contributed by atoms with Gasteiger partial charge >= 0.3 is 29.6 Å². The summed E-state index contributed by atoms with van der Waals surface area (Å²) in [4.78, 5) is 17.6. The molecule has 0 amide bonds. The fourth-order valence-electron chi connectivity index (χ4n) is 3.90. The van der Waals surface area contributed by atoms with Crippen LogP contribution in [0, 0.1) is 6.92 Å². The fourth-order valence-corrected chi connectivity index (χ4v) is 4.02. The number of oxazole rings is 1. The van der Waals surface area contributed by atoms with Gasteiger partial charge < -0.3 is 24.0 Å². The molecule has 32 heavy (non-hydrogen) atoms. The number of aliphatic carboxylic acids is 1. The van der Waals surface area contributed by atoms with Gasteiger partial charge in [0.05, 0.1) is 12.3 Å². The molecule has 0 spiro atoms. The third kappa shape index (κ3) is 5.87. The maximum atomic E-state index is 10.8. The standard InChI is InChI=1S/C24H25ClN2O4.Na/c1-16-20(26-24(31-16)17-7-9-18(25)10-8-17)12-15-30-22-6-2-5-21-19(22)4-3-13-27(21)14-11-23(28)29;/h2,5-10H,3-4,11-15H2,1H3,(H,28,29);/q;+1/p-1. The van der Waals surface area contributed by atoms with Crippen molar-refractivity contribution in [1.29, 1.82) is 0 Å². The smallest absolute Gasteiger partial charge is 0.550 e. The van der Waals surface area contributed by atoms with E-state index < -0.39 is 5.97 Å². The molecular formula is C24H24ClN2NaO4. The molecule has 1 aliphatic heterocycles. The summed E-state index contributed by atoms with van der Waals surface area (Å²) in [5, 5.41) is 11.5. The minimum Gasteiger partial charge on any atom is -0.550 e. The average molecular weight is 463 g/mol. The van der Waals surface area contributed by atoms with Crippen LogP contribution in [-0.2, 0) is 17.6 Å². The van der Waals surface area contributed by atoms with E-state index in [4.69, 9.17) is 20.8 Å². The molecule has 0 bridgehead atoms. The molecule has 3 aromatic rings. The molecule has 2 aromatic carbocycles. The minimum atomic E-state index is -1.03. The van der Waals surface area contributed by atoms with Crippen molar-refractivity contribution < 1.29 is 48.6 Å². The number of hydrogen-bond acceptors (Lipinski definition) is 6. The number of anilines is 1. The number of carboxylic acids is 1. The summed E-state index contributed by atoms with van der Waals surface area (Å²) >= 11 is 5.95. The predicted molar refractivity (Wildman–Crippen MR) is 117 cm³/mol. The van der Waals surface area contributed by atoms with Crippen LogP contribution in [-0.4, -0.2) is 30.6 Å². The van der Waals surface area contributed by atoms with Crippen LogP contribution in [0.1, 0.15) is 29.9 Å². The summed E-state index contributed by atoms with van der Waals surface area (Å²) in [6, 6.07) is 13.3. The van der Waals surface area contributed by atoms with Gasteiger partial charge in [0.15, 0.2) is 0 Å². The van der Waals surface area contributed by atoms with Crippen molar-refractivity contribution in [3.05, 3.63) is 64.5 Å². The number of nitrogens with zero attached hydrogens (tertiary/aromatic N) is 2. The van der Waals surface area contributed by atoms with E-state index in [9.17, 15) is 9.90 Å². The van der Waals surface area contributed by atoms with Gasteiger partial charge in [-0.15, -0.1) is 0 Å². The Kier molecular flexibility index (Phi) is 8.65. The predicted octanol–water partition coefficient (Wildman–Crippen LogP) is 0.822. The maximum Gasteiger partial charge on any atom is 1.00 e. The largest absolute Gasteiger partial charge is 1.00 e. The summed E-state index contributed by atoms with van der Waals surface area (Å²) in [7, 11) is 0. The molecule has 6 nitrogen and oxygen atoms in total. The number of carboxylic acid groups (broad SMARTS) is 1. The van der Waals surface area contributed by atoms with E-state index >= 15 is 0 Å². The molecule has 1 aliphatic rings. The van der Waals surface area contributed by atoms with Gasteiger partial charge in [-0.3, -0.25) is 0 Å². The SMILES string of the molecule is Cc1oc(-c2ccc(Cl)cc2)nc1CCOc1cccc2c1CCCN2CCC(=O)[O-].[Na+]. The fraction of sp³-hybridized carbons (Fsp3) is 0.333. The molecule has 4 rings (SSSR count). The molecule has 0 fully saturated rings. The number of hydrogen-bond donors (Lipinski definition) is 0. The second kappa shape index (κ2) is 11.2. The van der Waals surface area contributed by atoms with Crippen molar-refractivity contribution in [3.63, 3.8) is 0 Å². The maximum absolute atomic E-state index is 10.8. The molecule has 0 unspecified atom stereocenters. The first-order chi connectivity index (χ1) is 15.0. The second-order valence-electron chi connectivity index (χ2n) is 7.59. The van der Waals surface area contributed by atoms with Gasteiger partial charge in [-0.2, -0.15) is 0 Å². The summed E-state index contributed by atoms with van der Waals surface area (Å²) in [5.74, 6) is 1.16. The minimum absolute atomic E-state index is 0. The van der Waals surface area contributed by atoms with Crippen LogP contribution in [0.2, 0.25) is 5.02 Å². The molecule has 0 atom stereocenters. The van der Waals surface area contributed by atoms with E-state index in [0.29, 0.717) is 30.5 Å². The van der Waals surface area contributed by atoms with Crippen molar-refractivity contribution in [2.75, 3.05) is 24.6 Å². The zero-order valence-corrected chi connectivity index (χ0v) is 21.2. The Labute approximate surface area is 214 Å². The summed E-state index contributed by atoms with van der Waals surface area (Å²) in [6.45, 7) is 3.67. The molecule has 8 heteroatoms. The first-order valence-electron chi connectivity index (χ1n) is 10.4. The Morgan fingerprint density at radius 3 is 2.78 bits per heavy atom. The number of carbonyl (C=O) groups excluding carboxylic acids is 1. The van der Waals surface area contributed by atoms with Gasteiger partial charge in [-0.1, -0.05) is 17.7 Å². The summed E-state index contributed by atoms with van der Waals surface area (Å²) in [5.41, 5.74) is 3.93. The molecule has 0 aliphatic carbocycles. The van der Waals surface area contributed by atoms with Crippen LogP contribution in [0.25, 0.3) is 11.5 Å². The zero-order chi connectivity index (χ0) is 21.8. The normalized spacial score (nSPS) is 12.8. The Bertz CT molecular complexity index is 1070. The topological polar surface area (TPSA) is 78.6 Å². The zero-order valence-electron chi connectivity index (χ0n) is 18.4. The van der Waals surface area contributed by atoms with Crippen LogP contribution >= 0.6 is 11.6 Å². The van der Waals surface area contributed by atoms with E-state index in [2.05, 4.69) is 9.88 Å². The van der Waals surface area contributed by atoms with Crippen molar-refractivity contribution in [2.45, 2.75) is 32.6 Å². The van der Waals surface area contributed by atoms with Gasteiger partial charge in [0.1, 0.15) is 11.5 Å². The van der Waals surface area contributed by atoms with Crippen molar-refractivity contribution in [3.8, 4) is 17.2 Å². The van der Waals surface area contributed by atoms with Crippen LogP contribution in [0.15, 0.2) is 46.9 Å². The molecule has 0 saturated heterocycles. The Balaban J connectivity index is 0.00000289. The third-order valence-corrected chi connectivity index (χ3v) is 5.72. The van der Waals surface area contributed by atoms with Gasteiger partial charge in [-0.25, -0.2) is 4.98 Å². The van der Waals surface area contributed by atoms with Gasteiger partial charge in [0.25, 0.3) is 0 Å². The number of carbonyl (C=O) groups is 1. The van der Waals surface area contributed by atoms with Crippen LogP contribution in [0.5, 0.6) is 5.75 Å². The van der Waals surface area contributed by atoms with E-state index in [1.54, 1.807) is 0 Å². The number of aromatic nitrogens is 1. The van der Waals surface area contributed by atoms with Gasteiger partial charge in [-0.05, 0) is 56.2 Å². The van der Waals surface area contributed by atoms with E-state index in [1.165, 1.54) is 0 Å². The van der Waals surface area contributed by atoms with E-state index in [-0.39, 0.29) is 36.0 Å². The molecule has 0 N–H and O–H groups in total. The third-order valence-electron chi connectivity index (χ3n) is 5.47. The van der Waals surface area contributed by atoms with Crippen LogP contribution < -0.4 is 44.3 Å². The Hall–Kier alpha value is -1.99.